The van der Waals surface area contributed by atoms with Crippen LogP contribution >= 0.6 is 23.2 Å². The summed E-state index contributed by atoms with van der Waals surface area (Å²) in [6.45, 7) is 3.96. The molecule has 0 aliphatic rings. The largest absolute Gasteiger partial charge is 0.463 e. The highest BCUT2D eigenvalue weighted by Gasteiger charge is 2.22. The minimum Gasteiger partial charge on any atom is -0.463 e. The third kappa shape index (κ3) is 7.24. The molecule has 1 aromatic heterocycles. The zero-order chi connectivity index (χ0) is 18.8. The maximum atomic E-state index is 13.5. The maximum absolute atomic E-state index is 13.5. The summed E-state index contributed by atoms with van der Waals surface area (Å²) in [6.07, 6.45) is 6.88. The lowest BCUT2D eigenvalue weighted by atomic mass is 10.1. The van der Waals surface area contributed by atoms with Gasteiger partial charge in [0.1, 0.15) is 10.0 Å². The normalized spacial score (nSPS) is 12.0. The van der Waals surface area contributed by atoms with Crippen LogP contribution in [0, 0.1) is 5.95 Å². The van der Waals surface area contributed by atoms with Gasteiger partial charge in [-0.1, -0.05) is 68.7 Å². The first-order valence-corrected chi connectivity index (χ1v) is 9.27. The van der Waals surface area contributed by atoms with Crippen molar-refractivity contribution in [1.29, 1.82) is 0 Å². The van der Waals surface area contributed by atoms with Gasteiger partial charge in [-0.25, -0.2) is 4.79 Å². The van der Waals surface area contributed by atoms with Crippen LogP contribution in [0.25, 0.3) is 0 Å². The molecule has 0 aliphatic carbocycles. The van der Waals surface area contributed by atoms with Crippen LogP contribution in [-0.2, 0) is 9.53 Å². The summed E-state index contributed by atoms with van der Waals surface area (Å²) in [5.41, 5.74) is 5.37. The average Bonchev–Trinajstić information content (AvgIpc) is 2.59. The molecule has 2 N–H and O–H groups in total. The van der Waals surface area contributed by atoms with Gasteiger partial charge in [-0.3, -0.25) is 0 Å². The molecule has 1 atom stereocenters. The molecule has 1 heterocycles. The fraction of sp³-hybridized carbons (Fsp3) is 0.647. The van der Waals surface area contributed by atoms with Crippen molar-refractivity contribution in [3.8, 4) is 5.88 Å². The lowest BCUT2D eigenvalue weighted by Crippen LogP contribution is -2.27. The van der Waals surface area contributed by atoms with Gasteiger partial charge in [0.25, 0.3) is 0 Å². The van der Waals surface area contributed by atoms with Crippen LogP contribution in [0.3, 0.4) is 0 Å². The summed E-state index contributed by atoms with van der Waals surface area (Å²) in [4.78, 5) is 15.4. The molecule has 0 saturated heterocycles. The molecule has 1 rings (SSSR count). The van der Waals surface area contributed by atoms with Gasteiger partial charge in [-0.05, 0) is 13.3 Å². The molecule has 0 radical (unpaired) electrons. The zero-order valence-electron chi connectivity index (χ0n) is 14.6. The van der Waals surface area contributed by atoms with Crippen LogP contribution in [0.1, 0.15) is 58.8 Å². The van der Waals surface area contributed by atoms with E-state index in [1.807, 2.05) is 0 Å². The van der Waals surface area contributed by atoms with E-state index >= 15 is 0 Å². The molecule has 8 heteroatoms. The van der Waals surface area contributed by atoms with E-state index < -0.39 is 18.0 Å². The number of pyridine rings is 1. The summed E-state index contributed by atoms with van der Waals surface area (Å²) in [5.74, 6) is -1.87. The van der Waals surface area contributed by atoms with Crippen molar-refractivity contribution in [3.05, 3.63) is 16.0 Å². The van der Waals surface area contributed by atoms with Gasteiger partial charge >= 0.3 is 5.97 Å². The molecule has 5 nitrogen and oxygen atoms in total. The van der Waals surface area contributed by atoms with Crippen LogP contribution in [-0.4, -0.2) is 23.7 Å². The summed E-state index contributed by atoms with van der Waals surface area (Å²) >= 11 is 11.5. The van der Waals surface area contributed by atoms with Crippen molar-refractivity contribution in [2.45, 2.75) is 64.9 Å². The van der Waals surface area contributed by atoms with Crippen molar-refractivity contribution in [1.82, 2.24) is 4.98 Å². The third-order valence-electron chi connectivity index (χ3n) is 3.65. The van der Waals surface area contributed by atoms with E-state index in [1.165, 1.54) is 32.6 Å². The minimum atomic E-state index is -1.01. The number of nitrogens with zero attached hydrogens (tertiary/aromatic N) is 1. The summed E-state index contributed by atoms with van der Waals surface area (Å²) < 4.78 is 23.9. The van der Waals surface area contributed by atoms with Gasteiger partial charge in [-0.15, -0.1) is 0 Å². The summed E-state index contributed by atoms with van der Waals surface area (Å²) in [6, 6.07) is 0. The molecule has 0 aromatic carbocycles. The Hall–Kier alpha value is -1.27. The summed E-state index contributed by atoms with van der Waals surface area (Å²) in [7, 11) is 0. The molecule has 0 saturated carbocycles. The van der Waals surface area contributed by atoms with E-state index in [0.717, 1.165) is 19.3 Å². The molecule has 0 unspecified atom stereocenters. The second-order valence-corrected chi connectivity index (χ2v) is 6.55. The number of aromatic nitrogens is 1. The number of hydrogen-bond donors (Lipinski definition) is 1. The molecular formula is C17H25Cl2FN2O3. The lowest BCUT2D eigenvalue weighted by Gasteiger charge is -2.15. The van der Waals surface area contributed by atoms with E-state index in [4.69, 9.17) is 38.4 Å². The number of nitrogen functional groups attached to an aromatic ring is 1. The Bertz CT molecular complexity index is 573. The minimum absolute atomic E-state index is 0.141. The number of carbonyl (C=O) groups is 1. The SMILES string of the molecule is CCCCCCCCCOC(=O)[C@@H](C)Oc1nc(F)c(Cl)c(N)c1Cl. The first-order chi connectivity index (χ1) is 11.9. The highest BCUT2D eigenvalue weighted by atomic mass is 35.5. The molecule has 0 spiro atoms. The number of rotatable bonds is 11. The maximum Gasteiger partial charge on any atom is 0.347 e. The van der Waals surface area contributed by atoms with Crippen LogP contribution in [0.5, 0.6) is 5.88 Å². The molecule has 142 valence electrons. The number of esters is 1. The zero-order valence-corrected chi connectivity index (χ0v) is 16.1. The van der Waals surface area contributed by atoms with Crippen molar-refractivity contribution in [2.75, 3.05) is 12.3 Å². The van der Waals surface area contributed by atoms with Crippen LogP contribution in [0.15, 0.2) is 0 Å². The Morgan fingerprint density at radius 2 is 1.76 bits per heavy atom. The Morgan fingerprint density at radius 3 is 2.40 bits per heavy atom. The van der Waals surface area contributed by atoms with Crippen LogP contribution in [0.4, 0.5) is 10.1 Å². The smallest absolute Gasteiger partial charge is 0.347 e. The number of ether oxygens (including phenoxy) is 2. The number of unbranched alkanes of at least 4 members (excludes halogenated alkanes) is 6. The average molecular weight is 395 g/mol. The van der Waals surface area contributed by atoms with Gasteiger partial charge < -0.3 is 15.2 Å². The van der Waals surface area contributed by atoms with Gasteiger partial charge in [-0.2, -0.15) is 9.37 Å². The van der Waals surface area contributed by atoms with Crippen molar-refractivity contribution in [2.24, 2.45) is 0 Å². The standard InChI is InChI=1S/C17H25Cl2FN2O3/c1-3-4-5-6-7-8-9-10-24-17(23)11(2)25-16-13(19)14(21)12(18)15(20)22-16/h11H,3-10H2,1-2H3,(H2,21,22)/t11-/m1/s1. The van der Waals surface area contributed by atoms with Crippen LogP contribution < -0.4 is 10.5 Å². The van der Waals surface area contributed by atoms with E-state index in [-0.39, 0.29) is 21.6 Å². The topological polar surface area (TPSA) is 74.4 Å². The predicted octanol–water partition coefficient (Wildman–Crippen LogP) is 5.17. The van der Waals surface area contributed by atoms with E-state index in [1.54, 1.807) is 0 Å². The van der Waals surface area contributed by atoms with Crippen molar-refractivity contribution < 1.29 is 18.7 Å². The second-order valence-electron chi connectivity index (χ2n) is 5.80. The predicted molar refractivity (Wildman–Crippen MR) is 97.7 cm³/mol. The molecule has 0 aliphatic heterocycles. The molecule has 25 heavy (non-hydrogen) atoms. The Balaban J connectivity index is 2.35. The lowest BCUT2D eigenvalue weighted by molar-refractivity contribution is -0.151. The molecular weight excluding hydrogens is 370 g/mol. The van der Waals surface area contributed by atoms with Gasteiger partial charge in [0.05, 0.1) is 12.3 Å². The highest BCUT2D eigenvalue weighted by Crippen LogP contribution is 2.35. The van der Waals surface area contributed by atoms with Crippen molar-refractivity contribution in [3.63, 3.8) is 0 Å². The fourth-order valence-electron chi connectivity index (χ4n) is 2.15. The Labute approximate surface area is 158 Å². The summed E-state index contributed by atoms with van der Waals surface area (Å²) in [5, 5.41) is -0.523. The first kappa shape index (κ1) is 21.8. The van der Waals surface area contributed by atoms with E-state index in [0.29, 0.717) is 6.61 Å². The van der Waals surface area contributed by atoms with Crippen molar-refractivity contribution >= 4 is 34.9 Å². The molecule has 0 bridgehead atoms. The first-order valence-electron chi connectivity index (χ1n) is 8.51. The molecule has 0 amide bonds. The Morgan fingerprint density at radius 1 is 1.16 bits per heavy atom. The number of nitrogens with two attached hydrogens (primary N) is 1. The number of halogens is 3. The number of anilines is 1. The second kappa shape index (κ2) is 11.4. The fourth-order valence-corrected chi connectivity index (χ4v) is 2.52. The monoisotopic (exact) mass is 394 g/mol. The van der Waals surface area contributed by atoms with Gasteiger partial charge in [0.15, 0.2) is 6.10 Å². The Kier molecular flexibility index (Phi) is 9.90. The van der Waals surface area contributed by atoms with Crippen LogP contribution in [0.2, 0.25) is 10.0 Å². The van der Waals surface area contributed by atoms with Gasteiger partial charge in [0.2, 0.25) is 11.8 Å². The van der Waals surface area contributed by atoms with Gasteiger partial charge in [0, 0.05) is 0 Å². The molecule has 0 fully saturated rings. The third-order valence-corrected chi connectivity index (χ3v) is 4.38. The quantitative estimate of drug-likeness (QED) is 0.318. The number of carbonyl (C=O) groups excluding carboxylic acids is 1. The number of hydrogen-bond acceptors (Lipinski definition) is 5. The van der Waals surface area contributed by atoms with E-state index in [9.17, 15) is 9.18 Å². The highest BCUT2D eigenvalue weighted by molar-refractivity contribution is 6.39. The molecule has 1 aromatic rings. The van der Waals surface area contributed by atoms with E-state index in [2.05, 4.69) is 11.9 Å².